The van der Waals surface area contributed by atoms with Crippen LogP contribution in [0.25, 0.3) is 6.08 Å². The minimum Gasteiger partial charge on any atom is -0.480 e. The maximum absolute atomic E-state index is 11.9. The Labute approximate surface area is 148 Å². The second kappa shape index (κ2) is 9.43. The number of carbonyl (C=O) groups is 1. The summed E-state index contributed by atoms with van der Waals surface area (Å²) < 4.78 is 0. The summed E-state index contributed by atoms with van der Waals surface area (Å²) in [4.78, 5) is 13.5. The zero-order valence-corrected chi connectivity index (χ0v) is 13.8. The topological polar surface area (TPSA) is 60.8 Å². The second-order valence-electron chi connectivity index (χ2n) is 5.55. The molecule has 4 heteroatoms. The van der Waals surface area contributed by atoms with Crippen molar-refractivity contribution in [3.63, 3.8) is 0 Å². The number of hydrogen-bond acceptors (Lipinski definition) is 3. The SMILES string of the molecule is C#CCN(C(/C=C/c1ccccc1)CO)C(C(=O)O)c1ccccc1. The summed E-state index contributed by atoms with van der Waals surface area (Å²) in [7, 11) is 0. The summed E-state index contributed by atoms with van der Waals surface area (Å²) in [5.41, 5.74) is 1.59. The Bertz CT molecular complexity index is 735. The lowest BCUT2D eigenvalue weighted by atomic mass is 10.0. The number of carboxylic acid groups (broad SMARTS) is 1. The van der Waals surface area contributed by atoms with Crippen molar-refractivity contribution in [2.75, 3.05) is 13.2 Å². The molecule has 4 nitrogen and oxygen atoms in total. The predicted octanol–water partition coefficient (Wildman–Crippen LogP) is 2.82. The fourth-order valence-electron chi connectivity index (χ4n) is 2.68. The molecule has 0 radical (unpaired) electrons. The number of carboxylic acids is 1. The average Bonchev–Trinajstić information content (AvgIpc) is 2.64. The van der Waals surface area contributed by atoms with Crippen LogP contribution in [-0.2, 0) is 4.79 Å². The summed E-state index contributed by atoms with van der Waals surface area (Å²) in [6.07, 6.45) is 9.09. The Hall–Kier alpha value is -2.87. The fraction of sp³-hybridized carbons (Fsp3) is 0.190. The van der Waals surface area contributed by atoms with Crippen molar-refractivity contribution >= 4 is 12.0 Å². The molecule has 0 amide bonds. The van der Waals surface area contributed by atoms with Crippen molar-refractivity contribution < 1.29 is 15.0 Å². The average molecular weight is 335 g/mol. The van der Waals surface area contributed by atoms with Crippen LogP contribution in [0.15, 0.2) is 66.7 Å². The van der Waals surface area contributed by atoms with Crippen LogP contribution in [0, 0.1) is 12.3 Å². The third kappa shape index (κ3) is 5.05. The lowest BCUT2D eigenvalue weighted by Crippen LogP contribution is -2.43. The first kappa shape index (κ1) is 18.5. The molecule has 2 aromatic carbocycles. The number of terminal acetylenes is 1. The summed E-state index contributed by atoms with van der Waals surface area (Å²) in [5, 5.41) is 19.6. The van der Waals surface area contributed by atoms with Gasteiger partial charge in [-0.3, -0.25) is 9.69 Å². The van der Waals surface area contributed by atoms with Crippen molar-refractivity contribution in [1.82, 2.24) is 4.90 Å². The molecule has 25 heavy (non-hydrogen) atoms. The molecule has 0 bridgehead atoms. The van der Waals surface area contributed by atoms with Gasteiger partial charge in [-0.05, 0) is 11.1 Å². The van der Waals surface area contributed by atoms with Crippen molar-refractivity contribution in [3.05, 3.63) is 77.9 Å². The van der Waals surface area contributed by atoms with Crippen LogP contribution in [0.2, 0.25) is 0 Å². The molecule has 0 saturated heterocycles. The van der Waals surface area contributed by atoms with Gasteiger partial charge in [-0.15, -0.1) is 6.42 Å². The van der Waals surface area contributed by atoms with E-state index in [0.717, 1.165) is 5.56 Å². The molecule has 0 saturated carbocycles. The highest BCUT2D eigenvalue weighted by atomic mass is 16.4. The summed E-state index contributed by atoms with van der Waals surface area (Å²) >= 11 is 0. The summed E-state index contributed by atoms with van der Waals surface area (Å²) in [6.45, 7) is -0.127. The van der Waals surface area contributed by atoms with Crippen molar-refractivity contribution in [3.8, 4) is 12.3 Å². The molecule has 2 unspecified atom stereocenters. The third-order valence-electron chi connectivity index (χ3n) is 3.88. The minimum atomic E-state index is -1.01. The molecule has 2 N–H and O–H groups in total. The van der Waals surface area contributed by atoms with Crippen LogP contribution >= 0.6 is 0 Å². The van der Waals surface area contributed by atoms with Gasteiger partial charge < -0.3 is 10.2 Å². The monoisotopic (exact) mass is 335 g/mol. The zero-order valence-electron chi connectivity index (χ0n) is 13.8. The quantitative estimate of drug-likeness (QED) is 0.728. The molecular formula is C21H21NO3. The molecule has 0 aromatic heterocycles. The van der Waals surface area contributed by atoms with E-state index in [-0.39, 0.29) is 13.2 Å². The van der Waals surface area contributed by atoms with Crippen LogP contribution in [0.1, 0.15) is 17.2 Å². The van der Waals surface area contributed by atoms with E-state index in [4.69, 9.17) is 6.42 Å². The van der Waals surface area contributed by atoms with Crippen LogP contribution in [0.5, 0.6) is 0 Å². The first-order chi connectivity index (χ1) is 12.2. The molecule has 128 valence electrons. The number of hydrogen-bond donors (Lipinski definition) is 2. The molecule has 0 aliphatic rings. The van der Waals surface area contributed by atoms with E-state index in [1.807, 2.05) is 42.5 Å². The minimum absolute atomic E-state index is 0.107. The van der Waals surface area contributed by atoms with Crippen LogP contribution < -0.4 is 0 Å². The molecular weight excluding hydrogens is 314 g/mol. The number of benzene rings is 2. The number of rotatable bonds is 8. The van der Waals surface area contributed by atoms with E-state index in [2.05, 4.69) is 5.92 Å². The third-order valence-corrected chi connectivity index (χ3v) is 3.88. The van der Waals surface area contributed by atoms with E-state index in [0.29, 0.717) is 5.56 Å². The highest BCUT2D eigenvalue weighted by Crippen LogP contribution is 2.24. The number of aliphatic hydroxyl groups is 1. The first-order valence-electron chi connectivity index (χ1n) is 7.98. The van der Waals surface area contributed by atoms with Crippen LogP contribution in [0.4, 0.5) is 0 Å². The highest BCUT2D eigenvalue weighted by Gasteiger charge is 2.30. The largest absolute Gasteiger partial charge is 0.480 e. The normalized spacial score (nSPS) is 13.5. The molecule has 0 spiro atoms. The Morgan fingerprint density at radius 2 is 1.72 bits per heavy atom. The van der Waals surface area contributed by atoms with Crippen molar-refractivity contribution in [2.45, 2.75) is 12.1 Å². The predicted molar refractivity (Wildman–Crippen MR) is 98.7 cm³/mol. The second-order valence-corrected chi connectivity index (χ2v) is 5.55. The lowest BCUT2D eigenvalue weighted by molar-refractivity contribution is -0.144. The molecule has 0 aliphatic heterocycles. The molecule has 0 fully saturated rings. The van der Waals surface area contributed by atoms with Gasteiger partial charge in [0.05, 0.1) is 19.2 Å². The van der Waals surface area contributed by atoms with Gasteiger partial charge >= 0.3 is 5.97 Å². The van der Waals surface area contributed by atoms with Gasteiger partial charge in [0.1, 0.15) is 6.04 Å². The van der Waals surface area contributed by atoms with E-state index >= 15 is 0 Å². The molecule has 2 aromatic rings. The van der Waals surface area contributed by atoms with E-state index in [9.17, 15) is 15.0 Å². The maximum Gasteiger partial charge on any atom is 0.325 e. The van der Waals surface area contributed by atoms with Gasteiger partial charge in [-0.2, -0.15) is 0 Å². The lowest BCUT2D eigenvalue weighted by Gasteiger charge is -2.32. The van der Waals surface area contributed by atoms with Crippen LogP contribution in [0.3, 0.4) is 0 Å². The molecule has 2 atom stereocenters. The van der Waals surface area contributed by atoms with Crippen LogP contribution in [-0.4, -0.2) is 40.3 Å². The van der Waals surface area contributed by atoms with E-state index < -0.39 is 18.1 Å². The highest BCUT2D eigenvalue weighted by molar-refractivity contribution is 5.75. The summed E-state index contributed by atoms with van der Waals surface area (Å²) in [5.74, 6) is 1.50. The van der Waals surface area contributed by atoms with Gasteiger partial charge in [0, 0.05) is 0 Å². The summed E-state index contributed by atoms with van der Waals surface area (Å²) in [6, 6.07) is 17.1. The zero-order chi connectivity index (χ0) is 18.1. The standard InChI is InChI=1S/C21H21NO3/c1-2-15-22(20(21(24)25)18-11-7-4-8-12-18)19(16-23)14-13-17-9-5-3-6-10-17/h1,3-14,19-20,23H,15-16H2,(H,24,25)/b14-13+. The number of aliphatic carboxylic acids is 1. The van der Waals surface area contributed by atoms with Gasteiger partial charge in [0.2, 0.25) is 0 Å². The number of aliphatic hydroxyl groups excluding tert-OH is 1. The molecule has 0 heterocycles. The smallest absolute Gasteiger partial charge is 0.325 e. The Morgan fingerprint density at radius 3 is 2.24 bits per heavy atom. The Kier molecular flexibility index (Phi) is 6.97. The van der Waals surface area contributed by atoms with Gasteiger partial charge in [0.15, 0.2) is 0 Å². The van der Waals surface area contributed by atoms with Crippen molar-refractivity contribution in [1.29, 1.82) is 0 Å². The fourth-order valence-corrected chi connectivity index (χ4v) is 2.68. The van der Waals surface area contributed by atoms with Gasteiger partial charge in [0.25, 0.3) is 0 Å². The first-order valence-corrected chi connectivity index (χ1v) is 7.98. The van der Waals surface area contributed by atoms with Gasteiger partial charge in [-0.1, -0.05) is 78.7 Å². The van der Waals surface area contributed by atoms with E-state index in [1.54, 1.807) is 35.2 Å². The van der Waals surface area contributed by atoms with E-state index in [1.165, 1.54) is 0 Å². The number of nitrogens with zero attached hydrogens (tertiary/aromatic N) is 1. The Morgan fingerprint density at radius 1 is 1.12 bits per heavy atom. The Balaban J connectivity index is 2.34. The van der Waals surface area contributed by atoms with Crippen molar-refractivity contribution in [2.24, 2.45) is 0 Å². The van der Waals surface area contributed by atoms with Gasteiger partial charge in [-0.25, -0.2) is 0 Å². The molecule has 2 rings (SSSR count). The maximum atomic E-state index is 11.9. The molecule has 0 aliphatic carbocycles.